The molecule has 3 atom stereocenters. The molecule has 1 aliphatic rings. The molecule has 0 aliphatic carbocycles. The number of ether oxygens (including phenoxy) is 1. The molecule has 0 bridgehead atoms. The molecule has 7 nitrogen and oxygen atoms in total. The second-order valence-corrected chi connectivity index (χ2v) is 12.5. The topological polar surface area (TPSA) is 91.8 Å². The normalized spacial score (nSPS) is 18.2. The lowest BCUT2D eigenvalue weighted by molar-refractivity contribution is -0.160. The van der Waals surface area contributed by atoms with Gasteiger partial charge in [-0.1, -0.05) is 56.3 Å². The van der Waals surface area contributed by atoms with Crippen LogP contribution in [0.2, 0.25) is 0 Å². The number of hydrogen-bond donors (Lipinski definition) is 2. The minimum atomic E-state index is -1.17. The van der Waals surface area contributed by atoms with Crippen molar-refractivity contribution < 1.29 is 19.4 Å². The van der Waals surface area contributed by atoms with Gasteiger partial charge in [0.15, 0.2) is 6.10 Å². The predicted molar refractivity (Wildman–Crippen MR) is 163 cm³/mol. The van der Waals surface area contributed by atoms with E-state index in [2.05, 4.69) is 24.1 Å². The first-order valence-corrected chi connectivity index (χ1v) is 14.4. The molecule has 218 valence electrons. The highest BCUT2D eigenvalue weighted by molar-refractivity contribution is 5.95. The molecule has 0 saturated carbocycles. The Morgan fingerprint density at radius 1 is 1.00 bits per heavy atom. The number of piperidine rings is 1. The van der Waals surface area contributed by atoms with E-state index in [9.17, 15) is 14.7 Å². The smallest absolute Gasteiger partial charge is 0.337 e. The van der Waals surface area contributed by atoms with Crippen LogP contribution in [-0.4, -0.2) is 40.7 Å². The van der Waals surface area contributed by atoms with Gasteiger partial charge in [0.25, 0.3) is 5.91 Å². The zero-order valence-electron chi connectivity index (χ0n) is 25.3. The Balaban J connectivity index is 1.79. The number of nitrogens with zero attached hydrogens (tertiary/aromatic N) is 2. The SMILES string of the molecule is Cc1nc(C)c([C@H](OC(C)(C)C)C(=O)O)c(N2CC(C)CC(C)C2)c1-c1ccc(C(=O)NCc2ccccc2)cc1. The summed E-state index contributed by atoms with van der Waals surface area (Å²) < 4.78 is 6.18. The van der Waals surface area contributed by atoms with Gasteiger partial charge in [-0.2, -0.15) is 0 Å². The molecule has 3 aromatic rings. The van der Waals surface area contributed by atoms with Crippen molar-refractivity contribution in [2.45, 2.75) is 73.1 Å². The maximum atomic E-state index is 12.9. The lowest BCUT2D eigenvalue weighted by Crippen LogP contribution is -2.40. The van der Waals surface area contributed by atoms with Gasteiger partial charge in [0, 0.05) is 47.7 Å². The number of pyridine rings is 1. The first-order chi connectivity index (χ1) is 19.3. The molecule has 7 heteroatoms. The molecule has 1 aliphatic heterocycles. The third kappa shape index (κ3) is 7.33. The number of rotatable bonds is 8. The first-order valence-electron chi connectivity index (χ1n) is 14.4. The van der Waals surface area contributed by atoms with Crippen LogP contribution < -0.4 is 10.2 Å². The number of amides is 1. The fourth-order valence-electron chi connectivity index (χ4n) is 5.93. The lowest BCUT2D eigenvalue weighted by Gasteiger charge is -2.40. The van der Waals surface area contributed by atoms with Crippen LogP contribution >= 0.6 is 0 Å². The zero-order chi connectivity index (χ0) is 29.9. The third-order valence-corrected chi connectivity index (χ3v) is 7.45. The van der Waals surface area contributed by atoms with Crippen LogP contribution in [0.15, 0.2) is 54.6 Å². The molecule has 2 heterocycles. The summed E-state index contributed by atoms with van der Waals surface area (Å²) in [5.41, 5.74) is 5.62. The van der Waals surface area contributed by atoms with Crippen LogP contribution in [0, 0.1) is 25.7 Å². The van der Waals surface area contributed by atoms with E-state index in [1.165, 1.54) is 0 Å². The molecule has 1 fully saturated rings. The molecule has 41 heavy (non-hydrogen) atoms. The quantitative estimate of drug-likeness (QED) is 0.320. The summed E-state index contributed by atoms with van der Waals surface area (Å²) in [5.74, 6) is -0.279. The molecule has 0 spiro atoms. The van der Waals surface area contributed by atoms with Gasteiger partial charge in [-0.05, 0) is 76.1 Å². The molecule has 2 N–H and O–H groups in total. The maximum absolute atomic E-state index is 12.9. The van der Waals surface area contributed by atoms with Crippen molar-refractivity contribution in [3.8, 4) is 11.1 Å². The van der Waals surface area contributed by atoms with Gasteiger partial charge in [0.05, 0.1) is 11.3 Å². The van der Waals surface area contributed by atoms with Crippen LogP contribution in [0.3, 0.4) is 0 Å². The van der Waals surface area contributed by atoms with Crippen molar-refractivity contribution >= 4 is 17.6 Å². The molecule has 2 aromatic carbocycles. The van der Waals surface area contributed by atoms with Crippen LogP contribution in [0.5, 0.6) is 0 Å². The van der Waals surface area contributed by atoms with Gasteiger partial charge in [0.1, 0.15) is 0 Å². The van der Waals surface area contributed by atoms with Crippen molar-refractivity contribution in [1.82, 2.24) is 10.3 Å². The van der Waals surface area contributed by atoms with Gasteiger partial charge in [0.2, 0.25) is 0 Å². The summed E-state index contributed by atoms with van der Waals surface area (Å²) in [6.45, 7) is 16.0. The molecular formula is C34H43N3O4. The van der Waals surface area contributed by atoms with Gasteiger partial charge < -0.3 is 20.1 Å². The number of carboxylic acids is 1. The highest BCUT2D eigenvalue weighted by Crippen LogP contribution is 2.44. The van der Waals surface area contributed by atoms with E-state index in [0.717, 1.165) is 47.6 Å². The Hall–Kier alpha value is -3.71. The van der Waals surface area contributed by atoms with E-state index in [1.807, 2.05) is 89.2 Å². The van der Waals surface area contributed by atoms with Crippen molar-refractivity contribution in [2.75, 3.05) is 18.0 Å². The Labute approximate surface area is 244 Å². The largest absolute Gasteiger partial charge is 0.479 e. The minimum absolute atomic E-state index is 0.150. The second kappa shape index (κ2) is 12.4. The average Bonchev–Trinajstić information content (AvgIpc) is 2.90. The van der Waals surface area contributed by atoms with Crippen LogP contribution in [0.25, 0.3) is 11.1 Å². The van der Waals surface area contributed by atoms with Crippen molar-refractivity contribution in [1.29, 1.82) is 0 Å². The Morgan fingerprint density at radius 2 is 1.61 bits per heavy atom. The molecule has 2 unspecified atom stereocenters. The van der Waals surface area contributed by atoms with E-state index in [1.54, 1.807) is 0 Å². The third-order valence-electron chi connectivity index (χ3n) is 7.45. The van der Waals surface area contributed by atoms with E-state index in [-0.39, 0.29) is 5.91 Å². The summed E-state index contributed by atoms with van der Waals surface area (Å²) in [6, 6.07) is 17.3. The van der Waals surface area contributed by atoms with Crippen LogP contribution in [0.1, 0.15) is 80.0 Å². The van der Waals surface area contributed by atoms with Crippen molar-refractivity contribution in [3.05, 3.63) is 82.7 Å². The Bertz CT molecular complexity index is 1370. The molecule has 1 amide bonds. The van der Waals surface area contributed by atoms with Crippen LogP contribution in [-0.2, 0) is 16.1 Å². The van der Waals surface area contributed by atoms with Crippen molar-refractivity contribution in [2.24, 2.45) is 11.8 Å². The molecule has 1 saturated heterocycles. The van der Waals surface area contributed by atoms with E-state index in [0.29, 0.717) is 35.2 Å². The second-order valence-electron chi connectivity index (χ2n) is 12.5. The number of nitrogens with one attached hydrogen (secondary N) is 1. The van der Waals surface area contributed by atoms with Gasteiger partial charge in [-0.25, -0.2) is 4.79 Å². The fourth-order valence-corrected chi connectivity index (χ4v) is 5.93. The summed E-state index contributed by atoms with van der Waals surface area (Å²) in [7, 11) is 0. The summed E-state index contributed by atoms with van der Waals surface area (Å²) in [5, 5.41) is 13.4. The number of benzene rings is 2. The van der Waals surface area contributed by atoms with E-state index in [4.69, 9.17) is 9.72 Å². The number of aliphatic carboxylic acids is 1. The highest BCUT2D eigenvalue weighted by Gasteiger charge is 2.36. The van der Waals surface area contributed by atoms with Crippen molar-refractivity contribution in [3.63, 3.8) is 0 Å². The van der Waals surface area contributed by atoms with Gasteiger partial charge >= 0.3 is 5.97 Å². The number of aromatic nitrogens is 1. The minimum Gasteiger partial charge on any atom is -0.479 e. The lowest BCUT2D eigenvalue weighted by atomic mass is 9.88. The standard InChI is InChI=1S/C34H43N3O4/c1-21-17-22(2)20-37(19-21)30-28(23(3)36-24(4)29(30)31(33(39)40)41-34(5,6)7)26-13-15-27(16-14-26)32(38)35-18-25-11-9-8-10-12-25/h8-16,21-22,31H,17-20H2,1-7H3,(H,35,38)(H,39,40)/t21?,22?,31-/m0/s1. The monoisotopic (exact) mass is 557 g/mol. The van der Waals surface area contributed by atoms with Gasteiger partial charge in [-0.3, -0.25) is 9.78 Å². The first kappa shape index (κ1) is 30.3. The summed E-state index contributed by atoms with van der Waals surface area (Å²) in [6.07, 6.45) is -0.0508. The Kier molecular flexibility index (Phi) is 9.17. The zero-order valence-corrected chi connectivity index (χ0v) is 25.3. The average molecular weight is 558 g/mol. The Morgan fingerprint density at radius 3 is 2.17 bits per heavy atom. The number of anilines is 1. The van der Waals surface area contributed by atoms with Gasteiger partial charge in [-0.15, -0.1) is 0 Å². The summed E-state index contributed by atoms with van der Waals surface area (Å²) in [4.78, 5) is 32.8. The maximum Gasteiger partial charge on any atom is 0.337 e. The van der Waals surface area contributed by atoms with Crippen LogP contribution in [0.4, 0.5) is 5.69 Å². The van der Waals surface area contributed by atoms with E-state index < -0.39 is 17.7 Å². The molecule has 4 rings (SSSR count). The van der Waals surface area contributed by atoms with E-state index >= 15 is 0 Å². The molecule has 0 radical (unpaired) electrons. The number of aryl methyl sites for hydroxylation is 2. The molecule has 1 aromatic heterocycles. The fraction of sp³-hybridized carbons (Fsp3) is 0.441. The number of carboxylic acid groups (broad SMARTS) is 1. The highest BCUT2D eigenvalue weighted by atomic mass is 16.5. The number of hydrogen-bond acceptors (Lipinski definition) is 5. The predicted octanol–water partition coefficient (Wildman–Crippen LogP) is 6.72. The number of carbonyl (C=O) groups excluding carboxylic acids is 1. The summed E-state index contributed by atoms with van der Waals surface area (Å²) >= 11 is 0. The molecular weight excluding hydrogens is 514 g/mol. The number of carbonyl (C=O) groups is 2.